The summed E-state index contributed by atoms with van der Waals surface area (Å²) in [5.41, 5.74) is 0.0000463. The fourth-order valence-corrected chi connectivity index (χ4v) is 2.41. The van der Waals surface area contributed by atoms with Gasteiger partial charge in [0.1, 0.15) is 17.1 Å². The SMILES string of the molecule is CCC(CC)N(CC(C)C)C(=O)c1c(O)cccc1O. The van der Waals surface area contributed by atoms with Crippen LogP contribution in [0, 0.1) is 5.92 Å². The van der Waals surface area contributed by atoms with Gasteiger partial charge in [0.15, 0.2) is 0 Å². The van der Waals surface area contributed by atoms with Gasteiger partial charge in [0.25, 0.3) is 5.91 Å². The Morgan fingerprint density at radius 3 is 2.05 bits per heavy atom. The quantitative estimate of drug-likeness (QED) is 0.839. The van der Waals surface area contributed by atoms with E-state index >= 15 is 0 Å². The average Bonchev–Trinajstić information content (AvgIpc) is 2.38. The Bertz CT molecular complexity index is 433. The molecule has 0 saturated carbocycles. The molecule has 0 aliphatic carbocycles. The minimum atomic E-state index is -0.303. The summed E-state index contributed by atoms with van der Waals surface area (Å²) in [5.74, 6) is -0.319. The molecule has 0 aliphatic heterocycles. The summed E-state index contributed by atoms with van der Waals surface area (Å²) >= 11 is 0. The van der Waals surface area contributed by atoms with Gasteiger partial charge in [-0.15, -0.1) is 0 Å². The van der Waals surface area contributed by atoms with Gasteiger partial charge in [-0.2, -0.15) is 0 Å². The second-order valence-corrected chi connectivity index (χ2v) is 5.49. The standard InChI is InChI=1S/C16H25NO3/c1-5-12(6-2)17(10-11(3)4)16(20)15-13(18)8-7-9-14(15)19/h7-9,11-12,18-19H,5-6,10H2,1-4H3. The predicted molar refractivity (Wildman–Crippen MR) is 80.0 cm³/mol. The molecule has 1 rings (SSSR count). The number of amides is 1. The third-order valence-electron chi connectivity index (χ3n) is 3.44. The van der Waals surface area contributed by atoms with Crippen molar-refractivity contribution < 1.29 is 15.0 Å². The summed E-state index contributed by atoms with van der Waals surface area (Å²) < 4.78 is 0. The summed E-state index contributed by atoms with van der Waals surface area (Å²) in [6.45, 7) is 8.79. The van der Waals surface area contributed by atoms with E-state index in [-0.39, 0.29) is 29.0 Å². The van der Waals surface area contributed by atoms with E-state index in [2.05, 4.69) is 0 Å². The fraction of sp³-hybridized carbons (Fsp3) is 0.562. The molecule has 4 heteroatoms. The number of benzene rings is 1. The number of nitrogens with zero attached hydrogens (tertiary/aromatic N) is 1. The minimum Gasteiger partial charge on any atom is -0.507 e. The van der Waals surface area contributed by atoms with Crippen molar-refractivity contribution in [1.82, 2.24) is 4.90 Å². The van der Waals surface area contributed by atoms with Gasteiger partial charge in [-0.05, 0) is 30.9 Å². The number of hydrogen-bond donors (Lipinski definition) is 2. The molecule has 0 bridgehead atoms. The normalized spacial score (nSPS) is 11.1. The highest BCUT2D eigenvalue weighted by Crippen LogP contribution is 2.29. The van der Waals surface area contributed by atoms with Crippen LogP contribution < -0.4 is 0 Å². The van der Waals surface area contributed by atoms with Crippen LogP contribution in [-0.2, 0) is 0 Å². The zero-order chi connectivity index (χ0) is 15.3. The van der Waals surface area contributed by atoms with Crippen LogP contribution in [0.25, 0.3) is 0 Å². The van der Waals surface area contributed by atoms with Gasteiger partial charge >= 0.3 is 0 Å². The van der Waals surface area contributed by atoms with E-state index in [9.17, 15) is 15.0 Å². The smallest absolute Gasteiger partial charge is 0.261 e. The lowest BCUT2D eigenvalue weighted by molar-refractivity contribution is 0.0634. The highest BCUT2D eigenvalue weighted by Gasteiger charge is 2.27. The highest BCUT2D eigenvalue weighted by molar-refractivity contribution is 5.99. The molecule has 2 N–H and O–H groups in total. The van der Waals surface area contributed by atoms with E-state index in [4.69, 9.17) is 0 Å². The topological polar surface area (TPSA) is 60.8 Å². The molecular formula is C16H25NO3. The van der Waals surface area contributed by atoms with Crippen molar-refractivity contribution in [1.29, 1.82) is 0 Å². The Hall–Kier alpha value is -1.71. The van der Waals surface area contributed by atoms with Gasteiger partial charge in [-0.1, -0.05) is 33.8 Å². The lowest BCUT2D eigenvalue weighted by atomic mass is 10.0. The van der Waals surface area contributed by atoms with Gasteiger partial charge in [0.05, 0.1) is 0 Å². The van der Waals surface area contributed by atoms with Crippen LogP contribution in [0.4, 0.5) is 0 Å². The summed E-state index contributed by atoms with van der Waals surface area (Å²) in [4.78, 5) is 14.5. The molecule has 0 fully saturated rings. The Labute approximate surface area is 121 Å². The summed E-state index contributed by atoms with van der Waals surface area (Å²) in [7, 11) is 0. The minimum absolute atomic E-state index is 0.0000463. The Morgan fingerprint density at radius 1 is 1.15 bits per heavy atom. The first kappa shape index (κ1) is 16.3. The van der Waals surface area contributed by atoms with Gasteiger partial charge in [0, 0.05) is 12.6 Å². The first-order valence-corrected chi connectivity index (χ1v) is 7.24. The number of carbonyl (C=O) groups is 1. The highest BCUT2D eigenvalue weighted by atomic mass is 16.3. The van der Waals surface area contributed by atoms with Crippen LogP contribution in [0.15, 0.2) is 18.2 Å². The molecule has 0 radical (unpaired) electrons. The largest absolute Gasteiger partial charge is 0.507 e. The maximum Gasteiger partial charge on any atom is 0.261 e. The molecule has 112 valence electrons. The van der Waals surface area contributed by atoms with Crippen molar-refractivity contribution in [3.8, 4) is 11.5 Å². The molecule has 0 spiro atoms. The number of phenolic OH excluding ortho intramolecular Hbond substituents is 2. The van der Waals surface area contributed by atoms with E-state index in [0.29, 0.717) is 12.5 Å². The number of aromatic hydroxyl groups is 2. The van der Waals surface area contributed by atoms with Crippen LogP contribution in [0.1, 0.15) is 50.9 Å². The first-order valence-electron chi connectivity index (χ1n) is 7.24. The van der Waals surface area contributed by atoms with E-state index in [1.807, 2.05) is 27.7 Å². The van der Waals surface area contributed by atoms with Crippen LogP contribution >= 0.6 is 0 Å². The monoisotopic (exact) mass is 279 g/mol. The van der Waals surface area contributed by atoms with Crippen molar-refractivity contribution in [3.63, 3.8) is 0 Å². The summed E-state index contributed by atoms with van der Waals surface area (Å²) in [6, 6.07) is 4.48. The van der Waals surface area contributed by atoms with Crippen LogP contribution in [0.2, 0.25) is 0 Å². The number of rotatable bonds is 6. The molecule has 0 atom stereocenters. The average molecular weight is 279 g/mol. The Morgan fingerprint density at radius 2 is 1.65 bits per heavy atom. The van der Waals surface area contributed by atoms with Crippen molar-refractivity contribution in [2.24, 2.45) is 5.92 Å². The number of hydrogen-bond acceptors (Lipinski definition) is 3. The third kappa shape index (κ3) is 3.65. The molecule has 0 saturated heterocycles. The molecular weight excluding hydrogens is 254 g/mol. The van der Waals surface area contributed by atoms with Gasteiger partial charge in [0.2, 0.25) is 0 Å². The molecule has 0 aromatic heterocycles. The molecule has 1 aromatic carbocycles. The van der Waals surface area contributed by atoms with Crippen molar-refractivity contribution in [2.45, 2.75) is 46.6 Å². The fourth-order valence-electron chi connectivity index (χ4n) is 2.41. The zero-order valence-electron chi connectivity index (χ0n) is 12.8. The molecule has 0 heterocycles. The second kappa shape index (κ2) is 7.17. The van der Waals surface area contributed by atoms with Crippen LogP contribution in [0.5, 0.6) is 11.5 Å². The predicted octanol–water partition coefficient (Wildman–Crippen LogP) is 3.38. The van der Waals surface area contributed by atoms with E-state index in [0.717, 1.165) is 12.8 Å². The van der Waals surface area contributed by atoms with Crippen molar-refractivity contribution >= 4 is 5.91 Å². The van der Waals surface area contributed by atoms with Crippen molar-refractivity contribution in [3.05, 3.63) is 23.8 Å². The van der Waals surface area contributed by atoms with Crippen LogP contribution in [0.3, 0.4) is 0 Å². The van der Waals surface area contributed by atoms with Crippen molar-refractivity contribution in [2.75, 3.05) is 6.54 Å². The van der Waals surface area contributed by atoms with E-state index in [1.54, 1.807) is 4.90 Å². The van der Waals surface area contributed by atoms with Gasteiger partial charge in [-0.3, -0.25) is 4.79 Å². The van der Waals surface area contributed by atoms with Gasteiger partial charge < -0.3 is 15.1 Å². The lowest BCUT2D eigenvalue weighted by Crippen LogP contribution is -2.42. The summed E-state index contributed by atoms with van der Waals surface area (Å²) in [6.07, 6.45) is 1.70. The molecule has 0 unspecified atom stereocenters. The van der Waals surface area contributed by atoms with E-state index in [1.165, 1.54) is 18.2 Å². The van der Waals surface area contributed by atoms with Crippen LogP contribution in [-0.4, -0.2) is 33.6 Å². The molecule has 1 amide bonds. The molecule has 1 aromatic rings. The third-order valence-corrected chi connectivity index (χ3v) is 3.44. The maximum atomic E-state index is 12.7. The molecule has 4 nitrogen and oxygen atoms in total. The molecule has 0 aliphatic rings. The van der Waals surface area contributed by atoms with E-state index < -0.39 is 0 Å². The zero-order valence-corrected chi connectivity index (χ0v) is 12.8. The number of phenols is 2. The summed E-state index contributed by atoms with van der Waals surface area (Å²) in [5, 5.41) is 19.7. The number of carbonyl (C=O) groups excluding carboxylic acids is 1. The first-order chi connectivity index (χ1) is 9.42. The maximum absolute atomic E-state index is 12.7. The van der Waals surface area contributed by atoms with Gasteiger partial charge in [-0.25, -0.2) is 0 Å². The Kier molecular flexibility index (Phi) is 5.86. The Balaban J connectivity index is 3.16. The lowest BCUT2D eigenvalue weighted by Gasteiger charge is -2.32. The molecule has 20 heavy (non-hydrogen) atoms. The second-order valence-electron chi connectivity index (χ2n) is 5.49.